The molecule has 0 amide bonds. The summed E-state index contributed by atoms with van der Waals surface area (Å²) in [4.78, 5) is 12.3. The van der Waals surface area contributed by atoms with Crippen molar-refractivity contribution in [3.8, 4) is 0 Å². The molecule has 0 heterocycles. The molecular formula is C24H38O2. The number of hydrogen-bond acceptors (Lipinski definition) is 2. The van der Waals surface area contributed by atoms with E-state index in [1.807, 2.05) is 6.92 Å². The topological polar surface area (TPSA) is 26.3 Å². The lowest BCUT2D eigenvalue weighted by molar-refractivity contribution is -0.127. The average Bonchev–Trinajstić information content (AvgIpc) is 2.92. The van der Waals surface area contributed by atoms with Crippen LogP contribution in [0.3, 0.4) is 0 Å². The Balaban J connectivity index is 1.58. The van der Waals surface area contributed by atoms with Gasteiger partial charge in [-0.3, -0.25) is 4.79 Å². The van der Waals surface area contributed by atoms with Crippen LogP contribution >= 0.6 is 0 Å². The average molecular weight is 359 g/mol. The third-order valence-electron chi connectivity index (χ3n) is 9.01. The number of ketones is 1. The molecule has 0 radical (unpaired) electrons. The van der Waals surface area contributed by atoms with Crippen LogP contribution in [-0.4, -0.2) is 18.0 Å². The zero-order valence-corrected chi connectivity index (χ0v) is 17.5. The lowest BCUT2D eigenvalue weighted by Gasteiger charge is -2.58. The van der Waals surface area contributed by atoms with Crippen molar-refractivity contribution in [1.29, 1.82) is 0 Å². The van der Waals surface area contributed by atoms with Gasteiger partial charge in [-0.1, -0.05) is 25.5 Å². The summed E-state index contributed by atoms with van der Waals surface area (Å²) in [6.45, 7) is 11.2. The molecular weight excluding hydrogens is 320 g/mol. The minimum atomic E-state index is 0.270. The molecule has 146 valence electrons. The van der Waals surface area contributed by atoms with Crippen LogP contribution in [0.5, 0.6) is 0 Å². The Labute approximate surface area is 160 Å². The molecule has 0 N–H and O–H groups in total. The van der Waals surface area contributed by atoms with E-state index in [1.54, 1.807) is 5.57 Å². The summed E-state index contributed by atoms with van der Waals surface area (Å²) in [5.74, 6) is 3.15. The second-order valence-corrected chi connectivity index (χ2v) is 10.6. The largest absolute Gasteiger partial charge is 0.375 e. The third kappa shape index (κ3) is 2.74. The minimum Gasteiger partial charge on any atom is -0.375 e. The molecule has 26 heavy (non-hydrogen) atoms. The molecule has 4 aliphatic carbocycles. The number of carbonyl (C=O) groups excluding carboxylic acids is 1. The van der Waals surface area contributed by atoms with Gasteiger partial charge in [0.2, 0.25) is 0 Å². The second-order valence-electron chi connectivity index (χ2n) is 10.6. The van der Waals surface area contributed by atoms with Gasteiger partial charge in [0.05, 0.1) is 12.2 Å². The van der Waals surface area contributed by atoms with Crippen LogP contribution in [0, 0.1) is 34.5 Å². The molecule has 2 heteroatoms. The molecule has 0 bridgehead atoms. The van der Waals surface area contributed by atoms with Crippen LogP contribution in [0.2, 0.25) is 0 Å². The molecule has 0 aromatic heterocycles. The molecule has 4 rings (SSSR count). The minimum absolute atomic E-state index is 0.270. The van der Waals surface area contributed by atoms with Gasteiger partial charge in [-0.25, -0.2) is 0 Å². The fraction of sp³-hybridized carbons (Fsp3) is 0.875. The predicted molar refractivity (Wildman–Crippen MR) is 106 cm³/mol. The number of carbonyl (C=O) groups is 1. The molecule has 4 aliphatic rings. The van der Waals surface area contributed by atoms with Gasteiger partial charge in [0, 0.05) is 5.92 Å². The molecule has 0 aromatic carbocycles. The van der Waals surface area contributed by atoms with Crippen LogP contribution in [0.1, 0.15) is 86.0 Å². The molecule has 3 fully saturated rings. The van der Waals surface area contributed by atoms with Gasteiger partial charge < -0.3 is 4.74 Å². The van der Waals surface area contributed by atoms with Crippen LogP contribution in [-0.2, 0) is 9.53 Å². The van der Waals surface area contributed by atoms with Crippen molar-refractivity contribution in [2.24, 2.45) is 34.5 Å². The summed E-state index contributed by atoms with van der Waals surface area (Å²) < 4.78 is 6.17. The Morgan fingerprint density at radius 3 is 2.58 bits per heavy atom. The molecule has 0 unspecified atom stereocenters. The number of Topliss-reactive ketones (excluding diaryl/α,β-unsaturated/α-hetero) is 1. The molecule has 7 atom stereocenters. The maximum absolute atomic E-state index is 12.3. The van der Waals surface area contributed by atoms with Crippen LogP contribution < -0.4 is 0 Å². The van der Waals surface area contributed by atoms with Crippen molar-refractivity contribution in [1.82, 2.24) is 0 Å². The summed E-state index contributed by atoms with van der Waals surface area (Å²) in [5, 5.41) is 0. The van der Waals surface area contributed by atoms with E-state index in [0.717, 1.165) is 30.6 Å². The summed E-state index contributed by atoms with van der Waals surface area (Å²) in [5.41, 5.74) is 2.35. The first-order valence-electron chi connectivity index (χ1n) is 11.1. The molecule has 0 saturated heterocycles. The van der Waals surface area contributed by atoms with Crippen LogP contribution in [0.15, 0.2) is 11.6 Å². The maximum Gasteiger partial charge on any atom is 0.133 e. The van der Waals surface area contributed by atoms with E-state index in [1.165, 1.54) is 38.5 Å². The SMILES string of the molecule is CC(=O)[C@H]1CC[C@H]2[C@@H]3CC=C4C[C@H](OC(C)C)CC[C@]4(C)[C@H]3CC[C@]12C. The second kappa shape index (κ2) is 6.47. The Bertz CT molecular complexity index is 605. The number of rotatable bonds is 3. The van der Waals surface area contributed by atoms with E-state index >= 15 is 0 Å². The van der Waals surface area contributed by atoms with Gasteiger partial charge in [-0.05, 0) is 101 Å². The smallest absolute Gasteiger partial charge is 0.133 e. The Kier molecular flexibility index (Phi) is 4.66. The van der Waals surface area contributed by atoms with Gasteiger partial charge in [0.15, 0.2) is 0 Å². The zero-order chi connectivity index (χ0) is 18.7. The van der Waals surface area contributed by atoms with Gasteiger partial charge in [0.25, 0.3) is 0 Å². The summed E-state index contributed by atoms with van der Waals surface area (Å²) in [6.07, 6.45) is 13.3. The molecule has 0 aromatic rings. The van der Waals surface area contributed by atoms with Crippen LogP contribution in [0.4, 0.5) is 0 Å². The van der Waals surface area contributed by atoms with Crippen molar-refractivity contribution in [2.75, 3.05) is 0 Å². The van der Waals surface area contributed by atoms with E-state index in [-0.39, 0.29) is 5.41 Å². The summed E-state index contributed by atoms with van der Waals surface area (Å²) in [7, 11) is 0. The molecule has 0 aliphatic heterocycles. The Morgan fingerprint density at radius 1 is 1.12 bits per heavy atom. The third-order valence-corrected chi connectivity index (χ3v) is 9.01. The predicted octanol–water partition coefficient (Wildman–Crippen LogP) is 5.95. The highest BCUT2D eigenvalue weighted by Gasteiger charge is 2.59. The van der Waals surface area contributed by atoms with Crippen molar-refractivity contribution in [2.45, 2.75) is 98.2 Å². The maximum atomic E-state index is 12.3. The lowest BCUT2D eigenvalue weighted by atomic mass is 9.47. The number of ether oxygens (including phenoxy) is 1. The quantitative estimate of drug-likeness (QED) is 0.583. The fourth-order valence-corrected chi connectivity index (χ4v) is 7.80. The zero-order valence-electron chi connectivity index (χ0n) is 17.5. The first kappa shape index (κ1) is 18.7. The van der Waals surface area contributed by atoms with E-state index < -0.39 is 0 Å². The van der Waals surface area contributed by atoms with Crippen molar-refractivity contribution < 1.29 is 9.53 Å². The van der Waals surface area contributed by atoms with Crippen molar-refractivity contribution in [3.63, 3.8) is 0 Å². The van der Waals surface area contributed by atoms with E-state index in [9.17, 15) is 4.79 Å². The standard InChI is InChI=1S/C24H38O2/c1-15(2)26-18-10-12-23(4)17(14-18)6-7-19-21-9-8-20(16(3)25)24(21,5)13-11-22(19)23/h6,15,18-22H,7-14H2,1-5H3/t18-,19+,20-,21+,22+,23+,24-/m1/s1. The monoisotopic (exact) mass is 358 g/mol. The number of hydrogen-bond donors (Lipinski definition) is 0. The Morgan fingerprint density at radius 2 is 1.88 bits per heavy atom. The highest BCUT2D eigenvalue weighted by Crippen LogP contribution is 2.66. The number of fused-ring (bicyclic) bond motifs is 5. The van der Waals surface area contributed by atoms with Gasteiger partial charge in [0.1, 0.15) is 5.78 Å². The molecule has 2 nitrogen and oxygen atoms in total. The lowest BCUT2D eigenvalue weighted by Crippen LogP contribution is -2.51. The van der Waals surface area contributed by atoms with Crippen molar-refractivity contribution >= 4 is 5.78 Å². The first-order chi connectivity index (χ1) is 12.3. The molecule has 3 saturated carbocycles. The molecule has 0 spiro atoms. The van der Waals surface area contributed by atoms with Gasteiger partial charge in [-0.2, -0.15) is 0 Å². The highest BCUT2D eigenvalue weighted by molar-refractivity contribution is 5.79. The van der Waals surface area contributed by atoms with E-state index in [4.69, 9.17) is 4.74 Å². The summed E-state index contributed by atoms with van der Waals surface area (Å²) >= 11 is 0. The summed E-state index contributed by atoms with van der Waals surface area (Å²) in [6, 6.07) is 0. The van der Waals surface area contributed by atoms with Crippen molar-refractivity contribution in [3.05, 3.63) is 11.6 Å². The Hall–Kier alpha value is -0.630. The van der Waals surface area contributed by atoms with E-state index in [2.05, 4.69) is 33.8 Å². The first-order valence-corrected chi connectivity index (χ1v) is 11.1. The van der Waals surface area contributed by atoms with E-state index in [0.29, 0.717) is 29.3 Å². The number of allylic oxidation sites excluding steroid dienone is 1. The van der Waals surface area contributed by atoms with Crippen LogP contribution in [0.25, 0.3) is 0 Å². The van der Waals surface area contributed by atoms with Gasteiger partial charge in [-0.15, -0.1) is 0 Å². The van der Waals surface area contributed by atoms with Gasteiger partial charge >= 0.3 is 0 Å². The normalized spacial score (nSPS) is 47.8. The highest BCUT2D eigenvalue weighted by atomic mass is 16.5. The fourth-order valence-electron chi connectivity index (χ4n) is 7.80.